The maximum atomic E-state index is 11.0. The van der Waals surface area contributed by atoms with Gasteiger partial charge in [0.1, 0.15) is 5.82 Å². The molecule has 1 saturated heterocycles. The Hall–Kier alpha value is -2.05. The van der Waals surface area contributed by atoms with Crippen molar-refractivity contribution in [1.82, 2.24) is 10.3 Å². The van der Waals surface area contributed by atoms with Crippen LogP contribution in [0.3, 0.4) is 0 Å². The molecule has 2 atom stereocenters. The van der Waals surface area contributed by atoms with Crippen molar-refractivity contribution in [2.75, 3.05) is 18.0 Å². The monoisotopic (exact) mass is 335 g/mol. The van der Waals surface area contributed by atoms with Crippen LogP contribution in [0.1, 0.15) is 24.9 Å². The van der Waals surface area contributed by atoms with E-state index >= 15 is 0 Å². The van der Waals surface area contributed by atoms with Crippen LogP contribution < -0.4 is 10.2 Å². The third-order valence-electron chi connectivity index (χ3n) is 4.07. The molecular formula is C16H18ClN3O3. The number of carboxylic acid groups (broad SMARTS) is 1. The van der Waals surface area contributed by atoms with Crippen molar-refractivity contribution in [3.05, 3.63) is 34.9 Å². The Bertz CT molecular complexity index is 753. The van der Waals surface area contributed by atoms with E-state index in [1.54, 1.807) is 13.0 Å². The fraction of sp³-hybridized carbons (Fsp3) is 0.375. The van der Waals surface area contributed by atoms with E-state index in [9.17, 15) is 9.90 Å². The number of halogens is 1. The molecule has 0 spiro atoms. The molecule has 2 unspecified atom stereocenters. The Kier molecular flexibility index (Phi) is 4.28. The van der Waals surface area contributed by atoms with Crippen LogP contribution in [0.5, 0.6) is 0 Å². The third-order valence-corrected chi connectivity index (χ3v) is 4.38. The lowest BCUT2D eigenvalue weighted by atomic mass is 10.1. The number of fused-ring (bicyclic) bond motifs is 1. The van der Waals surface area contributed by atoms with Gasteiger partial charge in [0.05, 0.1) is 22.7 Å². The first-order chi connectivity index (χ1) is 11.0. The zero-order valence-electron chi connectivity index (χ0n) is 12.7. The van der Waals surface area contributed by atoms with Crippen molar-refractivity contribution in [3.8, 4) is 0 Å². The van der Waals surface area contributed by atoms with Gasteiger partial charge in [0, 0.05) is 24.0 Å². The summed E-state index contributed by atoms with van der Waals surface area (Å²) in [6.07, 6.45) is -0.812. The number of aromatic nitrogens is 1. The zero-order chi connectivity index (χ0) is 16.6. The molecule has 1 aromatic heterocycles. The minimum atomic E-state index is -1.09. The molecule has 122 valence electrons. The van der Waals surface area contributed by atoms with E-state index in [0.717, 1.165) is 10.9 Å². The number of para-hydroxylation sites is 1. The van der Waals surface area contributed by atoms with Crippen LogP contribution >= 0.6 is 11.6 Å². The van der Waals surface area contributed by atoms with Gasteiger partial charge in [-0.2, -0.15) is 0 Å². The van der Waals surface area contributed by atoms with E-state index in [0.29, 0.717) is 35.9 Å². The van der Waals surface area contributed by atoms with Gasteiger partial charge >= 0.3 is 6.09 Å². The number of amides is 1. The SMILES string of the molecule is CC(NC(=O)O)c1cc2cccc(Cl)c2nc1N1CCC(O)C1. The van der Waals surface area contributed by atoms with Crippen molar-refractivity contribution in [2.45, 2.75) is 25.5 Å². The summed E-state index contributed by atoms with van der Waals surface area (Å²) in [7, 11) is 0. The highest BCUT2D eigenvalue weighted by atomic mass is 35.5. The van der Waals surface area contributed by atoms with Gasteiger partial charge in [0.2, 0.25) is 0 Å². The lowest BCUT2D eigenvalue weighted by Crippen LogP contribution is -2.29. The molecule has 1 aliphatic rings. The largest absolute Gasteiger partial charge is 0.465 e. The van der Waals surface area contributed by atoms with Crippen molar-refractivity contribution in [3.63, 3.8) is 0 Å². The Morgan fingerprint density at radius 3 is 2.96 bits per heavy atom. The molecule has 1 aromatic carbocycles. The van der Waals surface area contributed by atoms with Crippen LogP contribution in [-0.4, -0.2) is 40.5 Å². The first kappa shape index (κ1) is 15.8. The van der Waals surface area contributed by atoms with Crippen LogP contribution in [0.2, 0.25) is 5.02 Å². The van der Waals surface area contributed by atoms with E-state index < -0.39 is 18.2 Å². The molecule has 0 saturated carbocycles. The molecular weight excluding hydrogens is 318 g/mol. The molecule has 0 radical (unpaired) electrons. The second-order valence-corrected chi connectivity index (χ2v) is 6.18. The molecule has 7 heteroatoms. The van der Waals surface area contributed by atoms with E-state index in [2.05, 4.69) is 10.3 Å². The number of benzene rings is 1. The van der Waals surface area contributed by atoms with Crippen molar-refractivity contribution in [1.29, 1.82) is 0 Å². The fourth-order valence-electron chi connectivity index (χ4n) is 2.94. The molecule has 3 N–H and O–H groups in total. The van der Waals surface area contributed by atoms with Gasteiger partial charge in [-0.1, -0.05) is 23.7 Å². The van der Waals surface area contributed by atoms with Crippen LogP contribution in [0.4, 0.5) is 10.6 Å². The zero-order valence-corrected chi connectivity index (χ0v) is 13.4. The van der Waals surface area contributed by atoms with Gasteiger partial charge < -0.3 is 20.4 Å². The number of hydrogen-bond donors (Lipinski definition) is 3. The minimum absolute atomic E-state index is 0.394. The number of aliphatic hydroxyl groups is 1. The lowest BCUT2D eigenvalue weighted by Gasteiger charge is -2.24. The van der Waals surface area contributed by atoms with Gasteiger partial charge in [-0.25, -0.2) is 9.78 Å². The molecule has 6 nitrogen and oxygen atoms in total. The van der Waals surface area contributed by atoms with E-state index in [1.807, 2.05) is 23.1 Å². The van der Waals surface area contributed by atoms with Crippen LogP contribution in [0.25, 0.3) is 10.9 Å². The summed E-state index contributed by atoms with van der Waals surface area (Å²) in [5.41, 5.74) is 1.45. The van der Waals surface area contributed by atoms with Crippen LogP contribution in [0, 0.1) is 0 Å². The second kappa shape index (κ2) is 6.22. The first-order valence-electron chi connectivity index (χ1n) is 7.47. The third kappa shape index (κ3) is 3.18. The number of nitrogens with one attached hydrogen (secondary N) is 1. The average molecular weight is 336 g/mol. The number of nitrogens with zero attached hydrogens (tertiary/aromatic N) is 2. The molecule has 3 rings (SSSR count). The summed E-state index contributed by atoms with van der Waals surface area (Å²) in [4.78, 5) is 17.6. The Morgan fingerprint density at radius 2 is 2.30 bits per heavy atom. The molecule has 0 bridgehead atoms. The maximum Gasteiger partial charge on any atom is 0.405 e. The van der Waals surface area contributed by atoms with Crippen LogP contribution in [-0.2, 0) is 0 Å². The van der Waals surface area contributed by atoms with Gasteiger partial charge in [-0.05, 0) is 25.5 Å². The minimum Gasteiger partial charge on any atom is -0.465 e. The molecule has 23 heavy (non-hydrogen) atoms. The number of β-amino-alcohol motifs (C(OH)–C–C–N with tert-alkyl or cyclic N) is 1. The number of pyridine rings is 1. The Morgan fingerprint density at radius 1 is 1.52 bits per heavy atom. The lowest BCUT2D eigenvalue weighted by molar-refractivity contribution is 0.190. The topological polar surface area (TPSA) is 85.7 Å². The first-order valence-corrected chi connectivity index (χ1v) is 7.85. The molecule has 1 fully saturated rings. The van der Waals surface area contributed by atoms with Gasteiger partial charge in [-0.15, -0.1) is 0 Å². The summed E-state index contributed by atoms with van der Waals surface area (Å²) in [6.45, 7) is 2.93. The van der Waals surface area contributed by atoms with Gasteiger partial charge in [0.15, 0.2) is 0 Å². The summed E-state index contributed by atoms with van der Waals surface area (Å²) in [6, 6.07) is 7.00. The molecule has 1 aliphatic heterocycles. The smallest absolute Gasteiger partial charge is 0.405 e. The summed E-state index contributed by atoms with van der Waals surface area (Å²) in [5, 5.41) is 22.7. The highest BCUT2D eigenvalue weighted by molar-refractivity contribution is 6.35. The standard InChI is InChI=1S/C16H18ClN3O3/c1-9(18-16(22)23)12-7-10-3-2-4-13(17)14(10)19-15(12)20-6-5-11(21)8-20/h2-4,7,9,11,18,21H,5-6,8H2,1H3,(H,22,23). The Labute approximate surface area is 138 Å². The van der Waals surface area contributed by atoms with Crippen molar-refractivity contribution < 1.29 is 15.0 Å². The summed E-state index contributed by atoms with van der Waals surface area (Å²) >= 11 is 6.24. The number of rotatable bonds is 3. The number of hydrogen-bond acceptors (Lipinski definition) is 4. The average Bonchev–Trinajstić information content (AvgIpc) is 2.92. The number of anilines is 1. The predicted octanol–water partition coefficient (Wildman–Crippen LogP) is 2.79. The predicted molar refractivity (Wildman–Crippen MR) is 89.2 cm³/mol. The maximum absolute atomic E-state index is 11.0. The molecule has 0 aliphatic carbocycles. The molecule has 2 heterocycles. The second-order valence-electron chi connectivity index (χ2n) is 5.77. The summed E-state index contributed by atoms with van der Waals surface area (Å²) in [5.74, 6) is 0.670. The van der Waals surface area contributed by atoms with E-state index in [4.69, 9.17) is 16.7 Å². The molecule has 1 amide bonds. The van der Waals surface area contributed by atoms with E-state index in [1.165, 1.54) is 0 Å². The normalized spacial score (nSPS) is 19.1. The number of aliphatic hydroxyl groups excluding tert-OH is 1. The quantitative estimate of drug-likeness (QED) is 0.803. The number of carbonyl (C=O) groups is 1. The van der Waals surface area contributed by atoms with Gasteiger partial charge in [-0.3, -0.25) is 0 Å². The van der Waals surface area contributed by atoms with Crippen LogP contribution in [0.15, 0.2) is 24.3 Å². The Balaban J connectivity index is 2.12. The highest BCUT2D eigenvalue weighted by Gasteiger charge is 2.26. The molecule has 2 aromatic rings. The fourth-order valence-corrected chi connectivity index (χ4v) is 3.16. The van der Waals surface area contributed by atoms with Crippen molar-refractivity contribution >= 4 is 34.4 Å². The van der Waals surface area contributed by atoms with Gasteiger partial charge in [0.25, 0.3) is 0 Å². The van der Waals surface area contributed by atoms with Crippen molar-refractivity contribution in [2.24, 2.45) is 0 Å². The summed E-state index contributed by atoms with van der Waals surface area (Å²) < 4.78 is 0. The van der Waals surface area contributed by atoms with E-state index in [-0.39, 0.29) is 0 Å². The highest BCUT2D eigenvalue weighted by Crippen LogP contribution is 2.33.